The van der Waals surface area contributed by atoms with Crippen molar-refractivity contribution >= 4 is 17.2 Å². The summed E-state index contributed by atoms with van der Waals surface area (Å²) < 4.78 is 13.2. The van der Waals surface area contributed by atoms with E-state index < -0.39 is 0 Å². The van der Waals surface area contributed by atoms with Gasteiger partial charge in [-0.1, -0.05) is 31.9 Å². The third kappa shape index (κ3) is 3.77. The van der Waals surface area contributed by atoms with Crippen molar-refractivity contribution in [1.29, 1.82) is 0 Å². The number of fused-ring (bicyclic) bond motifs is 1. The number of rotatable bonds is 8. The molecule has 0 saturated carbocycles. The summed E-state index contributed by atoms with van der Waals surface area (Å²) in [7, 11) is 0. The number of unbranched alkanes of at least 4 members (excludes halogenated alkanes) is 2. The second-order valence-electron chi connectivity index (χ2n) is 7.35. The van der Waals surface area contributed by atoms with Crippen LogP contribution in [0.2, 0.25) is 0 Å². The highest BCUT2D eigenvalue weighted by molar-refractivity contribution is 7.13. The molecule has 2 aromatic heterocycles. The average Bonchev–Trinajstić information content (AvgIpc) is 3.43. The molecule has 1 amide bonds. The maximum Gasteiger partial charge on any atom is 0.251 e. The number of primary amides is 1. The minimum Gasteiger partial charge on any atom is -0.454 e. The van der Waals surface area contributed by atoms with Crippen molar-refractivity contribution in [3.05, 3.63) is 58.2 Å². The number of amides is 1. The van der Waals surface area contributed by atoms with Crippen molar-refractivity contribution in [2.45, 2.75) is 46.1 Å². The van der Waals surface area contributed by atoms with Crippen molar-refractivity contribution in [2.75, 3.05) is 6.79 Å². The molecule has 1 aliphatic rings. The summed E-state index contributed by atoms with van der Waals surface area (Å²) in [6.45, 7) is 5.12. The molecule has 0 aliphatic carbocycles. The fraction of sp³-hybridized carbons (Fsp3) is 0.348. The van der Waals surface area contributed by atoms with E-state index in [2.05, 4.69) is 23.6 Å². The molecule has 2 N–H and O–H groups in total. The first-order chi connectivity index (χ1) is 14.1. The maximum absolute atomic E-state index is 12.4. The van der Waals surface area contributed by atoms with E-state index >= 15 is 0 Å². The van der Waals surface area contributed by atoms with Crippen LogP contribution < -0.4 is 15.2 Å². The number of carbonyl (C=O) groups excluding carboxylic acids is 1. The molecule has 6 heteroatoms. The number of ether oxygens (including phenoxy) is 2. The molecule has 0 spiro atoms. The number of carbonyl (C=O) groups is 1. The van der Waals surface area contributed by atoms with Crippen molar-refractivity contribution in [1.82, 2.24) is 4.57 Å². The lowest BCUT2D eigenvalue weighted by atomic mass is 10.0. The van der Waals surface area contributed by atoms with Crippen LogP contribution in [0.4, 0.5) is 0 Å². The van der Waals surface area contributed by atoms with Gasteiger partial charge in [-0.3, -0.25) is 4.79 Å². The van der Waals surface area contributed by atoms with Gasteiger partial charge in [0.2, 0.25) is 6.79 Å². The Morgan fingerprint density at radius 1 is 1.21 bits per heavy atom. The zero-order valence-electron chi connectivity index (χ0n) is 16.9. The first-order valence-electron chi connectivity index (χ1n) is 10.0. The molecule has 1 aliphatic heterocycles. The highest BCUT2D eigenvalue weighted by Crippen LogP contribution is 2.38. The second-order valence-corrected chi connectivity index (χ2v) is 8.30. The molecule has 0 radical (unpaired) electrons. The van der Waals surface area contributed by atoms with Gasteiger partial charge in [0.05, 0.1) is 5.56 Å². The van der Waals surface area contributed by atoms with Gasteiger partial charge in [0.15, 0.2) is 11.5 Å². The standard InChI is InChI=1S/C23H26N2O3S/c1-3-4-5-7-17-22(20-8-6-11-29-20)21(23(24)26)15(2)25(17)13-16-9-10-18-19(12-16)28-14-27-18/h6,8-12H,3-5,7,13-14H2,1-2H3,(H2,24,26). The number of benzene rings is 1. The average molecular weight is 411 g/mol. The largest absolute Gasteiger partial charge is 0.454 e. The molecule has 0 saturated heterocycles. The molecule has 29 heavy (non-hydrogen) atoms. The van der Waals surface area contributed by atoms with E-state index in [1.807, 2.05) is 30.5 Å². The molecular weight excluding hydrogens is 384 g/mol. The lowest BCUT2D eigenvalue weighted by Crippen LogP contribution is -2.13. The predicted octanol–water partition coefficient (Wildman–Crippen LogP) is 5.13. The molecule has 3 heterocycles. The Balaban J connectivity index is 1.81. The van der Waals surface area contributed by atoms with Crippen LogP contribution >= 0.6 is 11.3 Å². The van der Waals surface area contributed by atoms with Gasteiger partial charge in [-0.15, -0.1) is 11.3 Å². The number of hydrogen-bond acceptors (Lipinski definition) is 4. The number of nitrogens with two attached hydrogens (primary N) is 1. The van der Waals surface area contributed by atoms with Crippen LogP contribution in [0.15, 0.2) is 35.7 Å². The van der Waals surface area contributed by atoms with Crippen LogP contribution in [0.25, 0.3) is 10.4 Å². The highest BCUT2D eigenvalue weighted by atomic mass is 32.1. The molecule has 5 nitrogen and oxygen atoms in total. The summed E-state index contributed by atoms with van der Waals surface area (Å²) in [5, 5.41) is 2.04. The van der Waals surface area contributed by atoms with Crippen LogP contribution in [-0.4, -0.2) is 17.3 Å². The van der Waals surface area contributed by atoms with Crippen LogP contribution in [0.3, 0.4) is 0 Å². The normalized spacial score (nSPS) is 12.5. The van der Waals surface area contributed by atoms with E-state index in [1.165, 1.54) is 5.69 Å². The number of hydrogen-bond donors (Lipinski definition) is 1. The molecule has 1 aromatic carbocycles. The van der Waals surface area contributed by atoms with Gasteiger partial charge in [0.25, 0.3) is 5.91 Å². The van der Waals surface area contributed by atoms with E-state index in [1.54, 1.807) is 11.3 Å². The Morgan fingerprint density at radius 2 is 2.03 bits per heavy atom. The Kier molecular flexibility index (Phi) is 5.62. The van der Waals surface area contributed by atoms with E-state index in [9.17, 15) is 4.79 Å². The molecule has 0 bridgehead atoms. The van der Waals surface area contributed by atoms with Crippen molar-refractivity contribution in [3.8, 4) is 21.9 Å². The first-order valence-corrected chi connectivity index (χ1v) is 10.9. The number of aromatic nitrogens is 1. The van der Waals surface area contributed by atoms with Crippen LogP contribution in [0.5, 0.6) is 11.5 Å². The van der Waals surface area contributed by atoms with Crippen molar-refractivity contribution in [2.24, 2.45) is 5.73 Å². The minimum atomic E-state index is -0.368. The quantitative estimate of drug-likeness (QED) is 0.523. The predicted molar refractivity (Wildman–Crippen MR) is 116 cm³/mol. The lowest BCUT2D eigenvalue weighted by Gasteiger charge is -2.14. The first kappa shape index (κ1) is 19.6. The summed E-state index contributed by atoms with van der Waals surface area (Å²) >= 11 is 1.65. The Bertz CT molecular complexity index is 1020. The Labute approximate surface area is 175 Å². The Morgan fingerprint density at radius 3 is 2.76 bits per heavy atom. The molecule has 0 atom stereocenters. The summed E-state index contributed by atoms with van der Waals surface area (Å²) in [6.07, 6.45) is 4.31. The molecule has 4 rings (SSSR count). The van der Waals surface area contributed by atoms with E-state index in [4.69, 9.17) is 15.2 Å². The van der Waals surface area contributed by atoms with Crippen molar-refractivity contribution in [3.63, 3.8) is 0 Å². The van der Waals surface area contributed by atoms with Gasteiger partial charge in [0.1, 0.15) is 0 Å². The van der Waals surface area contributed by atoms with Crippen LogP contribution in [0.1, 0.15) is 53.5 Å². The highest BCUT2D eigenvalue weighted by Gasteiger charge is 2.25. The topological polar surface area (TPSA) is 66.5 Å². The van der Waals surface area contributed by atoms with Gasteiger partial charge in [-0.05, 0) is 48.9 Å². The Hall–Kier alpha value is -2.73. The van der Waals surface area contributed by atoms with Crippen LogP contribution in [0, 0.1) is 6.92 Å². The van der Waals surface area contributed by atoms with E-state index in [-0.39, 0.29) is 12.7 Å². The van der Waals surface area contributed by atoms with Crippen LogP contribution in [-0.2, 0) is 13.0 Å². The third-order valence-corrected chi connectivity index (χ3v) is 6.33. The zero-order valence-corrected chi connectivity index (χ0v) is 17.7. The second kappa shape index (κ2) is 8.33. The monoisotopic (exact) mass is 410 g/mol. The molecule has 0 fully saturated rings. The molecular formula is C23H26N2O3S. The third-order valence-electron chi connectivity index (χ3n) is 5.44. The van der Waals surface area contributed by atoms with Crippen molar-refractivity contribution < 1.29 is 14.3 Å². The summed E-state index contributed by atoms with van der Waals surface area (Å²) in [5.41, 5.74) is 10.7. The van der Waals surface area contributed by atoms with Gasteiger partial charge < -0.3 is 19.8 Å². The SMILES string of the molecule is CCCCCc1c(-c2cccs2)c(C(N)=O)c(C)n1Cc1ccc2c(c1)OCO2. The van der Waals surface area contributed by atoms with E-state index in [0.717, 1.165) is 58.9 Å². The van der Waals surface area contributed by atoms with Gasteiger partial charge >= 0.3 is 0 Å². The van der Waals surface area contributed by atoms with E-state index in [0.29, 0.717) is 12.1 Å². The number of nitrogens with zero attached hydrogens (tertiary/aromatic N) is 1. The molecule has 0 unspecified atom stereocenters. The summed E-state index contributed by atoms with van der Waals surface area (Å²) in [4.78, 5) is 13.5. The lowest BCUT2D eigenvalue weighted by molar-refractivity contribution is 0.1000. The van der Waals surface area contributed by atoms with Gasteiger partial charge in [-0.2, -0.15) is 0 Å². The van der Waals surface area contributed by atoms with Gasteiger partial charge in [-0.25, -0.2) is 0 Å². The fourth-order valence-corrected chi connectivity index (χ4v) is 4.82. The summed E-state index contributed by atoms with van der Waals surface area (Å²) in [5.74, 6) is 1.18. The molecule has 3 aromatic rings. The maximum atomic E-state index is 12.4. The zero-order chi connectivity index (χ0) is 20.4. The fourth-order valence-electron chi connectivity index (χ4n) is 4.02. The summed E-state index contributed by atoms with van der Waals surface area (Å²) in [6, 6.07) is 10.1. The minimum absolute atomic E-state index is 0.262. The number of thiophene rings is 1. The van der Waals surface area contributed by atoms with Gasteiger partial charge in [0, 0.05) is 28.4 Å². The smallest absolute Gasteiger partial charge is 0.251 e. The molecule has 152 valence electrons.